The van der Waals surface area contributed by atoms with Crippen molar-refractivity contribution < 1.29 is 14.7 Å². The van der Waals surface area contributed by atoms with E-state index in [1.165, 1.54) is 6.92 Å². The number of hydrogen-bond acceptors (Lipinski definition) is 3. The maximum atomic E-state index is 11.2. The minimum atomic E-state index is -1.00. The normalized spacial score (nSPS) is 12.1. The first kappa shape index (κ1) is 13.7. The van der Waals surface area contributed by atoms with Crippen molar-refractivity contribution in [1.29, 1.82) is 0 Å². The summed E-state index contributed by atoms with van der Waals surface area (Å²) in [6, 6.07) is 6.55. The lowest BCUT2D eigenvalue weighted by atomic mass is 10.1. The fourth-order valence-electron chi connectivity index (χ4n) is 1.41. The van der Waals surface area contributed by atoms with E-state index < -0.39 is 12.0 Å². The van der Waals surface area contributed by atoms with E-state index in [9.17, 15) is 9.59 Å². The van der Waals surface area contributed by atoms with Gasteiger partial charge in [-0.25, -0.2) is 0 Å². The van der Waals surface area contributed by atoms with Gasteiger partial charge in [-0.15, -0.1) is 0 Å². The van der Waals surface area contributed by atoms with Crippen LogP contribution in [-0.2, 0) is 16.1 Å². The molecule has 0 heterocycles. The molecule has 1 unspecified atom stereocenters. The lowest BCUT2D eigenvalue weighted by molar-refractivity contribution is -0.139. The lowest BCUT2D eigenvalue weighted by Gasteiger charge is -2.14. The van der Waals surface area contributed by atoms with Crippen LogP contribution in [0, 0.1) is 0 Å². The second-order valence-electron chi connectivity index (χ2n) is 3.73. The van der Waals surface area contributed by atoms with Gasteiger partial charge >= 0.3 is 5.97 Å². The van der Waals surface area contributed by atoms with Crippen LogP contribution in [0.2, 0.25) is 5.02 Å². The van der Waals surface area contributed by atoms with Gasteiger partial charge in [0, 0.05) is 11.6 Å². The fraction of sp³-hybridized carbons (Fsp3) is 0.333. The molecule has 1 rings (SSSR count). The molecular weight excluding hydrogens is 242 g/mol. The monoisotopic (exact) mass is 255 g/mol. The Balaban J connectivity index is 2.61. The molecular formula is C12H14ClNO3. The molecule has 17 heavy (non-hydrogen) atoms. The van der Waals surface area contributed by atoms with Gasteiger partial charge < -0.3 is 10.4 Å². The SMILES string of the molecule is CC(=O)C(CC(=O)O)NCc1ccccc1Cl. The molecule has 0 spiro atoms. The van der Waals surface area contributed by atoms with E-state index in [-0.39, 0.29) is 12.2 Å². The van der Waals surface area contributed by atoms with Gasteiger partial charge in [0.25, 0.3) is 0 Å². The Labute approximate surface area is 105 Å². The van der Waals surface area contributed by atoms with Crippen molar-refractivity contribution in [3.63, 3.8) is 0 Å². The van der Waals surface area contributed by atoms with E-state index in [1.54, 1.807) is 6.07 Å². The highest BCUT2D eigenvalue weighted by atomic mass is 35.5. The number of carbonyl (C=O) groups excluding carboxylic acids is 1. The number of nitrogens with one attached hydrogen (secondary N) is 1. The molecule has 1 aromatic carbocycles. The Hall–Kier alpha value is -1.39. The molecule has 1 atom stereocenters. The summed E-state index contributed by atoms with van der Waals surface area (Å²) >= 11 is 5.95. The molecule has 0 aliphatic heterocycles. The first-order valence-electron chi connectivity index (χ1n) is 5.19. The van der Waals surface area contributed by atoms with Gasteiger partial charge in [0.2, 0.25) is 0 Å². The predicted molar refractivity (Wildman–Crippen MR) is 65.0 cm³/mol. The molecule has 0 fully saturated rings. The van der Waals surface area contributed by atoms with Crippen LogP contribution >= 0.6 is 11.6 Å². The third kappa shape index (κ3) is 4.54. The molecule has 5 heteroatoms. The summed E-state index contributed by atoms with van der Waals surface area (Å²) in [5.74, 6) is -1.20. The molecule has 0 bridgehead atoms. The Bertz CT molecular complexity index is 420. The Morgan fingerprint density at radius 3 is 2.59 bits per heavy atom. The number of carboxylic acid groups (broad SMARTS) is 1. The molecule has 0 amide bonds. The maximum absolute atomic E-state index is 11.2. The Kier molecular flexibility index (Phi) is 5.12. The number of aliphatic carboxylic acids is 1. The summed E-state index contributed by atoms with van der Waals surface area (Å²) in [5.41, 5.74) is 0.839. The predicted octanol–water partition coefficient (Wildman–Crippen LogP) is 1.86. The van der Waals surface area contributed by atoms with Crippen molar-refractivity contribution in [2.45, 2.75) is 25.9 Å². The summed E-state index contributed by atoms with van der Waals surface area (Å²) in [6.07, 6.45) is -0.222. The van der Waals surface area contributed by atoms with Crippen LogP contribution in [0.5, 0.6) is 0 Å². The molecule has 0 aliphatic rings. The van der Waals surface area contributed by atoms with Crippen LogP contribution in [0.1, 0.15) is 18.9 Å². The number of carbonyl (C=O) groups is 2. The molecule has 2 N–H and O–H groups in total. The van der Waals surface area contributed by atoms with Crippen molar-refractivity contribution in [2.75, 3.05) is 0 Å². The van der Waals surface area contributed by atoms with E-state index in [2.05, 4.69) is 5.32 Å². The molecule has 0 saturated carbocycles. The third-order valence-electron chi connectivity index (χ3n) is 2.37. The largest absolute Gasteiger partial charge is 0.481 e. The zero-order chi connectivity index (χ0) is 12.8. The average molecular weight is 256 g/mol. The molecule has 4 nitrogen and oxygen atoms in total. The fourth-order valence-corrected chi connectivity index (χ4v) is 1.61. The topological polar surface area (TPSA) is 66.4 Å². The smallest absolute Gasteiger partial charge is 0.305 e. The number of Topliss-reactive ketones (excluding diaryl/α,β-unsaturated/α-hetero) is 1. The minimum absolute atomic E-state index is 0.195. The summed E-state index contributed by atoms with van der Waals surface area (Å²) in [5, 5.41) is 12.2. The van der Waals surface area contributed by atoms with Gasteiger partial charge in [-0.1, -0.05) is 29.8 Å². The van der Waals surface area contributed by atoms with Crippen molar-refractivity contribution in [2.24, 2.45) is 0 Å². The molecule has 92 valence electrons. The van der Waals surface area contributed by atoms with Gasteiger partial charge in [-0.2, -0.15) is 0 Å². The van der Waals surface area contributed by atoms with E-state index in [0.29, 0.717) is 11.6 Å². The minimum Gasteiger partial charge on any atom is -0.481 e. The van der Waals surface area contributed by atoms with E-state index in [4.69, 9.17) is 16.7 Å². The highest BCUT2D eigenvalue weighted by Crippen LogP contribution is 2.14. The van der Waals surface area contributed by atoms with Gasteiger partial charge in [0.15, 0.2) is 0 Å². The van der Waals surface area contributed by atoms with Crippen molar-refractivity contribution in [3.8, 4) is 0 Å². The molecule has 0 saturated heterocycles. The van der Waals surface area contributed by atoms with E-state index in [0.717, 1.165) is 5.56 Å². The Morgan fingerprint density at radius 1 is 1.41 bits per heavy atom. The quantitative estimate of drug-likeness (QED) is 0.814. The average Bonchev–Trinajstić information content (AvgIpc) is 2.25. The molecule has 0 radical (unpaired) electrons. The zero-order valence-corrected chi connectivity index (χ0v) is 10.2. The molecule has 0 aromatic heterocycles. The number of carboxylic acids is 1. The van der Waals surface area contributed by atoms with Crippen molar-refractivity contribution in [3.05, 3.63) is 34.9 Å². The molecule has 1 aromatic rings. The number of benzene rings is 1. The highest BCUT2D eigenvalue weighted by Gasteiger charge is 2.17. The first-order valence-corrected chi connectivity index (χ1v) is 5.57. The maximum Gasteiger partial charge on any atom is 0.305 e. The number of rotatable bonds is 6. The van der Waals surface area contributed by atoms with Crippen molar-refractivity contribution in [1.82, 2.24) is 5.32 Å². The summed E-state index contributed by atoms with van der Waals surface area (Å²) in [7, 11) is 0. The Morgan fingerprint density at radius 2 is 2.06 bits per heavy atom. The second kappa shape index (κ2) is 6.37. The number of hydrogen-bond donors (Lipinski definition) is 2. The third-order valence-corrected chi connectivity index (χ3v) is 2.73. The van der Waals surface area contributed by atoms with Gasteiger partial charge in [-0.3, -0.25) is 9.59 Å². The second-order valence-corrected chi connectivity index (χ2v) is 4.14. The van der Waals surface area contributed by atoms with Gasteiger partial charge in [0.05, 0.1) is 12.5 Å². The molecule has 0 aliphatic carbocycles. The van der Waals surface area contributed by atoms with E-state index in [1.807, 2.05) is 18.2 Å². The first-order chi connectivity index (χ1) is 8.00. The van der Waals surface area contributed by atoms with Gasteiger partial charge in [0.1, 0.15) is 5.78 Å². The van der Waals surface area contributed by atoms with Crippen LogP contribution in [0.15, 0.2) is 24.3 Å². The summed E-state index contributed by atoms with van der Waals surface area (Å²) in [6.45, 7) is 1.74. The van der Waals surface area contributed by atoms with Crippen LogP contribution in [0.3, 0.4) is 0 Å². The summed E-state index contributed by atoms with van der Waals surface area (Å²) in [4.78, 5) is 21.8. The standard InChI is InChI=1S/C12H14ClNO3/c1-8(15)11(6-12(16)17)14-7-9-4-2-3-5-10(9)13/h2-5,11,14H,6-7H2,1H3,(H,16,17). The van der Waals surface area contributed by atoms with Crippen LogP contribution in [-0.4, -0.2) is 22.9 Å². The van der Waals surface area contributed by atoms with Crippen molar-refractivity contribution >= 4 is 23.4 Å². The van der Waals surface area contributed by atoms with E-state index >= 15 is 0 Å². The van der Waals surface area contributed by atoms with Crippen LogP contribution in [0.4, 0.5) is 0 Å². The van der Waals surface area contributed by atoms with Gasteiger partial charge in [-0.05, 0) is 18.6 Å². The summed E-state index contributed by atoms with van der Waals surface area (Å²) < 4.78 is 0. The highest BCUT2D eigenvalue weighted by molar-refractivity contribution is 6.31. The number of halogens is 1. The number of ketones is 1. The van der Waals surface area contributed by atoms with Crippen LogP contribution in [0.25, 0.3) is 0 Å². The zero-order valence-electron chi connectivity index (χ0n) is 9.44. The van der Waals surface area contributed by atoms with Crippen LogP contribution < -0.4 is 5.32 Å². The lowest BCUT2D eigenvalue weighted by Crippen LogP contribution is -2.36.